The number of thiazole rings is 1. The standard InChI is InChI=1S/C20H15N3O3S/c21-20-23-18(12-6-2-1-3-7-12)16(27-20)10-17(24)26-19(25)14-11-22-15-9-5-4-8-13(14)15/h1-9,11,22H,10H2,(H2,21,23). The number of anilines is 1. The van der Waals surface area contributed by atoms with Crippen LogP contribution >= 0.6 is 11.3 Å². The number of nitrogens with one attached hydrogen (secondary N) is 1. The van der Waals surface area contributed by atoms with Gasteiger partial charge in [-0.15, -0.1) is 11.3 Å². The Labute approximate surface area is 158 Å². The lowest BCUT2D eigenvalue weighted by atomic mass is 10.1. The predicted molar refractivity (Wildman–Crippen MR) is 104 cm³/mol. The number of H-pyrrole nitrogens is 1. The van der Waals surface area contributed by atoms with Crippen LogP contribution in [0.3, 0.4) is 0 Å². The molecule has 7 heteroatoms. The second-order valence-corrected chi connectivity index (χ2v) is 6.99. The number of carbonyl (C=O) groups is 2. The van der Waals surface area contributed by atoms with Gasteiger partial charge in [0.05, 0.1) is 17.7 Å². The molecule has 0 aliphatic carbocycles. The molecule has 2 aromatic carbocycles. The third-order valence-electron chi connectivity index (χ3n) is 4.08. The number of fused-ring (bicyclic) bond motifs is 1. The highest BCUT2D eigenvalue weighted by molar-refractivity contribution is 7.15. The molecule has 3 N–H and O–H groups in total. The quantitative estimate of drug-likeness (QED) is 0.416. The summed E-state index contributed by atoms with van der Waals surface area (Å²) < 4.78 is 5.05. The number of esters is 2. The Hall–Kier alpha value is -3.45. The monoisotopic (exact) mass is 377 g/mol. The summed E-state index contributed by atoms with van der Waals surface area (Å²) in [6, 6.07) is 16.8. The normalized spacial score (nSPS) is 10.8. The molecule has 0 bridgehead atoms. The highest BCUT2D eigenvalue weighted by atomic mass is 32.1. The topological polar surface area (TPSA) is 98.1 Å². The van der Waals surface area contributed by atoms with Crippen molar-refractivity contribution in [3.63, 3.8) is 0 Å². The third-order valence-corrected chi connectivity index (χ3v) is 4.97. The van der Waals surface area contributed by atoms with Gasteiger partial charge in [0.1, 0.15) is 0 Å². The summed E-state index contributed by atoms with van der Waals surface area (Å²) in [5.74, 6) is -1.33. The molecule has 4 rings (SSSR count). The lowest BCUT2D eigenvalue weighted by Crippen LogP contribution is -2.14. The van der Waals surface area contributed by atoms with Crippen molar-refractivity contribution in [1.82, 2.24) is 9.97 Å². The number of nitrogen functional groups attached to an aromatic ring is 1. The third kappa shape index (κ3) is 3.45. The molecule has 2 heterocycles. The molecule has 4 aromatic rings. The molecule has 0 spiro atoms. The van der Waals surface area contributed by atoms with Crippen LogP contribution in [0.1, 0.15) is 15.2 Å². The van der Waals surface area contributed by atoms with Gasteiger partial charge >= 0.3 is 11.9 Å². The van der Waals surface area contributed by atoms with Gasteiger partial charge in [-0.25, -0.2) is 9.78 Å². The van der Waals surface area contributed by atoms with Gasteiger partial charge in [-0.1, -0.05) is 48.5 Å². The summed E-state index contributed by atoms with van der Waals surface area (Å²) in [5, 5.41) is 1.07. The first-order valence-electron chi connectivity index (χ1n) is 8.23. The Bertz CT molecular complexity index is 1130. The summed E-state index contributed by atoms with van der Waals surface area (Å²) in [4.78, 5) is 32.7. The van der Waals surface area contributed by atoms with Crippen LogP contribution in [0.5, 0.6) is 0 Å². The van der Waals surface area contributed by atoms with Crippen molar-refractivity contribution in [2.24, 2.45) is 0 Å². The highest BCUT2D eigenvalue weighted by Crippen LogP contribution is 2.30. The van der Waals surface area contributed by atoms with E-state index in [0.717, 1.165) is 11.1 Å². The van der Waals surface area contributed by atoms with Crippen molar-refractivity contribution in [3.8, 4) is 11.3 Å². The zero-order chi connectivity index (χ0) is 18.8. The van der Waals surface area contributed by atoms with Gasteiger partial charge in [0, 0.05) is 27.5 Å². The summed E-state index contributed by atoms with van der Waals surface area (Å²) in [6.07, 6.45) is 1.47. The maximum absolute atomic E-state index is 12.4. The van der Waals surface area contributed by atoms with Gasteiger partial charge in [0.25, 0.3) is 0 Å². The fourth-order valence-corrected chi connectivity index (χ4v) is 3.72. The highest BCUT2D eigenvalue weighted by Gasteiger charge is 2.20. The number of hydrogen-bond acceptors (Lipinski definition) is 6. The van der Waals surface area contributed by atoms with Crippen LogP contribution in [0.15, 0.2) is 60.8 Å². The first-order valence-corrected chi connectivity index (χ1v) is 9.05. The van der Waals surface area contributed by atoms with Crippen molar-refractivity contribution < 1.29 is 14.3 Å². The van der Waals surface area contributed by atoms with E-state index in [9.17, 15) is 9.59 Å². The molecule has 0 aliphatic heterocycles. The smallest absolute Gasteiger partial charge is 0.347 e. The summed E-state index contributed by atoms with van der Waals surface area (Å²) >= 11 is 1.21. The number of carbonyl (C=O) groups excluding carboxylic acids is 2. The second kappa shape index (κ2) is 7.05. The zero-order valence-electron chi connectivity index (χ0n) is 14.1. The van der Waals surface area contributed by atoms with E-state index in [2.05, 4.69) is 9.97 Å². The molecule has 134 valence electrons. The van der Waals surface area contributed by atoms with Gasteiger partial charge in [0.2, 0.25) is 0 Å². The molecule has 0 amide bonds. The van der Waals surface area contributed by atoms with Gasteiger partial charge in [-0.05, 0) is 6.07 Å². The van der Waals surface area contributed by atoms with E-state index in [4.69, 9.17) is 10.5 Å². The lowest BCUT2D eigenvalue weighted by Gasteiger charge is -2.03. The van der Waals surface area contributed by atoms with Crippen molar-refractivity contribution in [1.29, 1.82) is 0 Å². The average molecular weight is 377 g/mol. The molecule has 0 aliphatic rings. The number of hydrogen-bond donors (Lipinski definition) is 2. The largest absolute Gasteiger partial charge is 0.389 e. The van der Waals surface area contributed by atoms with E-state index in [1.54, 1.807) is 12.3 Å². The molecule has 0 unspecified atom stereocenters. The van der Waals surface area contributed by atoms with Crippen LogP contribution in [0.25, 0.3) is 22.2 Å². The Morgan fingerprint density at radius 2 is 1.81 bits per heavy atom. The molecule has 2 aromatic heterocycles. The molecule has 0 saturated carbocycles. The molecular formula is C20H15N3O3S. The first-order chi connectivity index (χ1) is 13.1. The fourth-order valence-electron chi connectivity index (χ4n) is 2.88. The van der Waals surface area contributed by atoms with Crippen LogP contribution in [0, 0.1) is 0 Å². The number of benzene rings is 2. The molecule has 0 saturated heterocycles. The van der Waals surface area contributed by atoms with Crippen molar-refractivity contribution >= 4 is 39.3 Å². The SMILES string of the molecule is Nc1nc(-c2ccccc2)c(CC(=O)OC(=O)c2c[nH]c3ccccc23)s1. The number of rotatable bonds is 4. The minimum atomic E-state index is -0.684. The first kappa shape index (κ1) is 17.0. The van der Waals surface area contributed by atoms with Crippen LogP contribution in [0.4, 0.5) is 5.13 Å². The van der Waals surface area contributed by atoms with Crippen molar-refractivity contribution in [2.45, 2.75) is 6.42 Å². The van der Waals surface area contributed by atoms with E-state index >= 15 is 0 Å². The number of nitrogens with zero attached hydrogens (tertiary/aromatic N) is 1. The minimum absolute atomic E-state index is 0.0762. The van der Waals surface area contributed by atoms with E-state index < -0.39 is 11.9 Å². The van der Waals surface area contributed by atoms with Gasteiger partial charge in [-0.3, -0.25) is 4.79 Å². The summed E-state index contributed by atoms with van der Waals surface area (Å²) in [6.45, 7) is 0. The Morgan fingerprint density at radius 3 is 2.63 bits per heavy atom. The van der Waals surface area contributed by atoms with Crippen LogP contribution in [0.2, 0.25) is 0 Å². The second-order valence-electron chi connectivity index (χ2n) is 5.88. The van der Waals surface area contributed by atoms with Gasteiger partial charge in [-0.2, -0.15) is 0 Å². The summed E-state index contributed by atoms with van der Waals surface area (Å²) in [7, 11) is 0. The maximum atomic E-state index is 12.4. The number of nitrogens with two attached hydrogens (primary N) is 1. The summed E-state index contributed by atoms with van der Waals surface area (Å²) in [5.41, 5.74) is 8.44. The number of ether oxygens (including phenoxy) is 1. The number of aromatic nitrogens is 2. The lowest BCUT2D eigenvalue weighted by molar-refractivity contribution is -0.137. The van der Waals surface area contributed by atoms with Gasteiger partial charge in [0.15, 0.2) is 5.13 Å². The fraction of sp³-hybridized carbons (Fsp3) is 0.0500. The zero-order valence-corrected chi connectivity index (χ0v) is 15.0. The Balaban J connectivity index is 1.53. The molecule has 0 atom stereocenters. The van der Waals surface area contributed by atoms with Crippen molar-refractivity contribution in [3.05, 3.63) is 71.2 Å². The van der Waals surface area contributed by atoms with Crippen molar-refractivity contribution in [2.75, 3.05) is 5.73 Å². The molecule has 6 nitrogen and oxygen atoms in total. The Kier molecular flexibility index (Phi) is 4.43. The minimum Gasteiger partial charge on any atom is -0.389 e. The van der Waals surface area contributed by atoms with Crippen LogP contribution < -0.4 is 5.73 Å². The maximum Gasteiger partial charge on any atom is 0.347 e. The van der Waals surface area contributed by atoms with Crippen LogP contribution in [-0.4, -0.2) is 21.9 Å². The molecule has 27 heavy (non-hydrogen) atoms. The number of para-hydroxylation sites is 1. The average Bonchev–Trinajstić information content (AvgIpc) is 3.25. The molecule has 0 radical (unpaired) electrons. The van der Waals surface area contributed by atoms with Gasteiger partial charge < -0.3 is 15.5 Å². The van der Waals surface area contributed by atoms with E-state index in [1.165, 1.54) is 11.3 Å². The number of aromatic amines is 1. The van der Waals surface area contributed by atoms with E-state index in [0.29, 0.717) is 26.7 Å². The Morgan fingerprint density at radius 1 is 1.07 bits per heavy atom. The van der Waals surface area contributed by atoms with Crippen LogP contribution in [-0.2, 0) is 16.0 Å². The van der Waals surface area contributed by atoms with E-state index in [1.807, 2.05) is 48.5 Å². The van der Waals surface area contributed by atoms with E-state index in [-0.39, 0.29) is 6.42 Å². The molecule has 0 fully saturated rings. The predicted octanol–water partition coefficient (Wildman–Crippen LogP) is 3.80. The molecular weight excluding hydrogens is 362 g/mol.